The highest BCUT2D eigenvalue weighted by atomic mass is 32.2. The number of aromatic amines is 1. The molecule has 0 aliphatic rings. The number of hydrogen-bond acceptors (Lipinski definition) is 4. The lowest BCUT2D eigenvalue weighted by Gasteiger charge is -2.14. The lowest BCUT2D eigenvalue weighted by molar-refractivity contribution is -0.119. The molecule has 2 aromatic heterocycles. The summed E-state index contributed by atoms with van der Waals surface area (Å²) in [6.07, 6.45) is 0. The van der Waals surface area contributed by atoms with Crippen LogP contribution in [0.15, 0.2) is 46.3 Å². The quantitative estimate of drug-likeness (QED) is 0.516. The monoisotopic (exact) mass is 370 g/mol. The molecule has 0 aliphatic heterocycles. The van der Waals surface area contributed by atoms with E-state index in [1.54, 1.807) is 4.57 Å². The second-order valence-corrected chi connectivity index (χ2v) is 7.09. The number of thioether (sulfide) groups is 1. The van der Waals surface area contributed by atoms with Gasteiger partial charge in [-0.2, -0.15) is 0 Å². The Morgan fingerprint density at radius 1 is 1.35 bits per heavy atom. The van der Waals surface area contributed by atoms with Gasteiger partial charge in [0.05, 0.1) is 17.3 Å². The number of aryl methyl sites for hydroxylation is 1. The average molecular weight is 370 g/mol. The van der Waals surface area contributed by atoms with Crippen molar-refractivity contribution in [1.82, 2.24) is 19.9 Å². The Kier molecular flexibility index (Phi) is 5.46. The maximum absolute atomic E-state index is 12.6. The number of fused-ring (bicyclic) bond motifs is 1. The Balaban J connectivity index is 1.73. The minimum Gasteiger partial charge on any atom is -0.353 e. The highest BCUT2D eigenvalue weighted by Gasteiger charge is 2.15. The van der Waals surface area contributed by atoms with Gasteiger partial charge in [0.2, 0.25) is 5.91 Å². The van der Waals surface area contributed by atoms with Crippen LogP contribution in [0, 0.1) is 6.92 Å². The summed E-state index contributed by atoms with van der Waals surface area (Å²) < 4.78 is 1.59. The van der Waals surface area contributed by atoms with Crippen molar-refractivity contribution < 1.29 is 4.79 Å². The molecule has 136 valence electrons. The van der Waals surface area contributed by atoms with Crippen molar-refractivity contribution in [2.45, 2.75) is 38.5 Å². The third-order valence-corrected chi connectivity index (χ3v) is 5.14. The fourth-order valence-electron chi connectivity index (χ4n) is 2.84. The normalized spacial score (nSPS) is 12.3. The summed E-state index contributed by atoms with van der Waals surface area (Å²) >= 11 is 1.28. The molecule has 2 heterocycles. The number of rotatable bonds is 6. The fraction of sp³-hybridized carbons (Fsp3) is 0.316. The van der Waals surface area contributed by atoms with Gasteiger partial charge in [0.15, 0.2) is 5.16 Å². The molecule has 0 aliphatic carbocycles. The minimum atomic E-state index is -0.105. The van der Waals surface area contributed by atoms with Gasteiger partial charge in [-0.3, -0.25) is 14.2 Å². The number of hydrogen-bond donors (Lipinski definition) is 2. The predicted octanol–water partition coefficient (Wildman–Crippen LogP) is 3.02. The summed E-state index contributed by atoms with van der Waals surface area (Å²) in [5.74, 6) is 0.118. The van der Waals surface area contributed by atoms with Crippen LogP contribution in [0.5, 0.6) is 0 Å². The summed E-state index contributed by atoms with van der Waals surface area (Å²) in [6.45, 7) is 6.24. The topological polar surface area (TPSA) is 79.8 Å². The molecule has 3 aromatic rings. The number of aromatic nitrogens is 3. The molecule has 0 saturated carbocycles. The van der Waals surface area contributed by atoms with Crippen molar-refractivity contribution in [3.05, 3.63) is 58.0 Å². The molecule has 0 saturated heterocycles. The molecule has 0 radical (unpaired) electrons. The zero-order valence-corrected chi connectivity index (χ0v) is 15.9. The molecule has 1 amide bonds. The van der Waals surface area contributed by atoms with E-state index < -0.39 is 0 Å². The zero-order chi connectivity index (χ0) is 18.7. The number of benzene rings is 1. The van der Waals surface area contributed by atoms with Crippen LogP contribution in [0.4, 0.5) is 0 Å². The second-order valence-electron chi connectivity index (χ2n) is 6.14. The van der Waals surface area contributed by atoms with Crippen LogP contribution in [0.3, 0.4) is 0 Å². The van der Waals surface area contributed by atoms with Crippen LogP contribution < -0.4 is 10.9 Å². The number of carbonyl (C=O) groups excluding carboxylic acids is 1. The van der Waals surface area contributed by atoms with E-state index in [1.165, 1.54) is 11.8 Å². The van der Waals surface area contributed by atoms with Crippen molar-refractivity contribution in [1.29, 1.82) is 0 Å². The van der Waals surface area contributed by atoms with Crippen LogP contribution in [0.25, 0.3) is 11.0 Å². The number of carbonyl (C=O) groups is 1. The molecule has 1 atom stereocenters. The predicted molar refractivity (Wildman–Crippen MR) is 104 cm³/mol. The van der Waals surface area contributed by atoms with E-state index in [1.807, 2.05) is 57.2 Å². The van der Waals surface area contributed by atoms with E-state index in [9.17, 15) is 9.59 Å². The Morgan fingerprint density at radius 2 is 2.08 bits per heavy atom. The summed E-state index contributed by atoms with van der Waals surface area (Å²) in [5, 5.41) is 3.54. The Hall–Kier alpha value is -2.54. The summed E-state index contributed by atoms with van der Waals surface area (Å²) in [4.78, 5) is 32.5. The minimum absolute atomic E-state index is 0.0690. The smallest absolute Gasteiger partial charge is 0.278 e. The first kappa shape index (κ1) is 18.3. The van der Waals surface area contributed by atoms with Gasteiger partial charge in [-0.25, -0.2) is 4.98 Å². The van der Waals surface area contributed by atoms with Crippen LogP contribution in [0.1, 0.15) is 31.1 Å². The van der Waals surface area contributed by atoms with Crippen molar-refractivity contribution in [3.8, 4) is 0 Å². The van der Waals surface area contributed by atoms with Crippen molar-refractivity contribution in [2.75, 3.05) is 5.75 Å². The molecule has 7 heteroatoms. The fourth-order valence-corrected chi connectivity index (χ4v) is 3.71. The summed E-state index contributed by atoms with van der Waals surface area (Å²) in [6, 6.07) is 11.6. The van der Waals surface area contributed by atoms with Crippen molar-refractivity contribution >= 4 is 28.7 Å². The Morgan fingerprint density at radius 3 is 2.77 bits per heavy atom. The highest BCUT2D eigenvalue weighted by molar-refractivity contribution is 7.99. The van der Waals surface area contributed by atoms with E-state index in [2.05, 4.69) is 15.3 Å². The molecular weight excluding hydrogens is 348 g/mol. The summed E-state index contributed by atoms with van der Waals surface area (Å²) in [7, 11) is 0. The molecule has 3 rings (SSSR count). The average Bonchev–Trinajstić information content (AvgIpc) is 3.01. The van der Waals surface area contributed by atoms with E-state index in [-0.39, 0.29) is 23.3 Å². The van der Waals surface area contributed by atoms with Gasteiger partial charge in [0.25, 0.3) is 5.56 Å². The Labute approximate surface area is 156 Å². The molecule has 0 fully saturated rings. The first-order chi connectivity index (χ1) is 12.5. The molecule has 6 nitrogen and oxygen atoms in total. The number of amides is 1. The zero-order valence-electron chi connectivity index (χ0n) is 15.1. The molecule has 2 N–H and O–H groups in total. The highest BCUT2D eigenvalue weighted by Crippen LogP contribution is 2.19. The molecular formula is C19H22N4O2S. The maximum Gasteiger partial charge on any atom is 0.278 e. The van der Waals surface area contributed by atoms with Crippen LogP contribution in [0.2, 0.25) is 0 Å². The number of nitrogens with one attached hydrogen (secondary N) is 2. The molecule has 1 unspecified atom stereocenters. The largest absolute Gasteiger partial charge is 0.353 e. The molecule has 0 bridgehead atoms. The van der Waals surface area contributed by atoms with Crippen LogP contribution in [-0.4, -0.2) is 26.2 Å². The van der Waals surface area contributed by atoms with Gasteiger partial charge >= 0.3 is 0 Å². The van der Waals surface area contributed by atoms with Crippen molar-refractivity contribution in [2.24, 2.45) is 0 Å². The van der Waals surface area contributed by atoms with Gasteiger partial charge < -0.3 is 10.3 Å². The lowest BCUT2D eigenvalue weighted by Crippen LogP contribution is -2.29. The third-order valence-electron chi connectivity index (χ3n) is 4.16. The first-order valence-electron chi connectivity index (χ1n) is 8.57. The second kappa shape index (κ2) is 7.78. The van der Waals surface area contributed by atoms with Gasteiger partial charge in [-0.1, -0.05) is 42.1 Å². The third kappa shape index (κ3) is 3.83. The van der Waals surface area contributed by atoms with Gasteiger partial charge in [0, 0.05) is 12.2 Å². The van der Waals surface area contributed by atoms with Crippen LogP contribution in [-0.2, 0) is 11.3 Å². The first-order valence-corrected chi connectivity index (χ1v) is 9.55. The number of H-pyrrole nitrogens is 1. The lowest BCUT2D eigenvalue weighted by atomic mass is 10.1. The SMILES string of the molecule is CCn1c(SCC(=O)NC(C)c2ccccc2)nc2cc(C)[nH]c2c1=O. The number of nitrogens with zero attached hydrogens (tertiary/aromatic N) is 2. The Bertz CT molecular complexity index is 978. The van der Waals surface area contributed by atoms with E-state index in [0.717, 1.165) is 11.3 Å². The molecule has 0 spiro atoms. The van der Waals surface area contributed by atoms with Gasteiger partial charge in [-0.05, 0) is 32.4 Å². The van der Waals surface area contributed by atoms with Crippen LogP contribution >= 0.6 is 11.8 Å². The molecule has 1 aromatic carbocycles. The standard InChI is InChI=1S/C19H22N4O2S/c1-4-23-18(25)17-15(10-12(2)20-17)22-19(23)26-11-16(24)21-13(3)14-8-6-5-7-9-14/h5-10,13,20H,4,11H2,1-3H3,(H,21,24). The van der Waals surface area contributed by atoms with Gasteiger partial charge in [0.1, 0.15) is 5.52 Å². The van der Waals surface area contributed by atoms with Gasteiger partial charge in [-0.15, -0.1) is 0 Å². The maximum atomic E-state index is 12.6. The van der Waals surface area contributed by atoms with Crippen molar-refractivity contribution in [3.63, 3.8) is 0 Å². The van der Waals surface area contributed by atoms with E-state index >= 15 is 0 Å². The van der Waals surface area contributed by atoms with E-state index in [0.29, 0.717) is 22.7 Å². The summed E-state index contributed by atoms with van der Waals surface area (Å²) in [5.41, 5.74) is 2.99. The molecule has 26 heavy (non-hydrogen) atoms. The van der Waals surface area contributed by atoms with E-state index in [4.69, 9.17) is 0 Å².